The second-order valence-electron chi connectivity index (χ2n) is 7.73. The van der Waals surface area contributed by atoms with Crippen molar-refractivity contribution in [1.29, 1.82) is 0 Å². The van der Waals surface area contributed by atoms with Gasteiger partial charge >= 0.3 is 5.97 Å². The lowest BCUT2D eigenvalue weighted by molar-refractivity contribution is -0.142. The van der Waals surface area contributed by atoms with Crippen LogP contribution in [-0.2, 0) is 11.2 Å². The Hall–Kier alpha value is -3.26. The number of nitrogens with zero attached hydrogens (tertiary/aromatic N) is 2. The van der Waals surface area contributed by atoms with Gasteiger partial charge in [0, 0.05) is 23.7 Å². The Kier molecular flexibility index (Phi) is 6.57. The van der Waals surface area contributed by atoms with E-state index in [0.29, 0.717) is 30.0 Å². The normalized spacial score (nSPS) is 18.3. The van der Waals surface area contributed by atoms with Gasteiger partial charge in [0.1, 0.15) is 5.01 Å². The van der Waals surface area contributed by atoms with E-state index in [4.69, 9.17) is 5.11 Å². The summed E-state index contributed by atoms with van der Waals surface area (Å²) in [6.45, 7) is 0. The third-order valence-corrected chi connectivity index (χ3v) is 6.32. The van der Waals surface area contributed by atoms with Crippen LogP contribution >= 0.6 is 11.3 Å². The van der Waals surface area contributed by atoms with Gasteiger partial charge in [0.05, 0.1) is 5.92 Å². The van der Waals surface area contributed by atoms with Crippen molar-refractivity contribution >= 4 is 34.0 Å². The molecule has 0 unspecified atom stereocenters. The van der Waals surface area contributed by atoms with Gasteiger partial charge in [0.25, 0.3) is 5.91 Å². The number of carbonyl (C=O) groups is 2. The quantitative estimate of drug-likeness (QED) is 0.506. The molecule has 1 saturated carbocycles. The second kappa shape index (κ2) is 9.70. The van der Waals surface area contributed by atoms with Crippen LogP contribution in [0.1, 0.15) is 46.6 Å². The largest absolute Gasteiger partial charge is 0.481 e. The maximum absolute atomic E-state index is 12.5. The van der Waals surface area contributed by atoms with E-state index in [2.05, 4.69) is 20.8 Å². The summed E-state index contributed by atoms with van der Waals surface area (Å²) in [7, 11) is 0. The Morgan fingerprint density at radius 1 is 0.968 bits per heavy atom. The molecule has 3 N–H and O–H groups in total. The number of aromatic nitrogens is 2. The van der Waals surface area contributed by atoms with Gasteiger partial charge in [-0.3, -0.25) is 14.9 Å². The topological polar surface area (TPSA) is 104 Å². The molecule has 1 aliphatic rings. The number of benzene rings is 2. The molecular formula is C23H24N4O3S. The molecule has 1 fully saturated rings. The number of hydrogen-bond donors (Lipinski definition) is 3. The van der Waals surface area contributed by atoms with Crippen molar-refractivity contribution in [3.8, 4) is 0 Å². The summed E-state index contributed by atoms with van der Waals surface area (Å²) in [5, 5.41) is 24.9. The van der Waals surface area contributed by atoms with Crippen LogP contribution in [0.5, 0.6) is 0 Å². The fourth-order valence-electron chi connectivity index (χ4n) is 3.75. The highest BCUT2D eigenvalue weighted by Crippen LogP contribution is 2.27. The maximum atomic E-state index is 12.5. The summed E-state index contributed by atoms with van der Waals surface area (Å²) < 4.78 is 0. The van der Waals surface area contributed by atoms with Crippen LogP contribution in [0.4, 0.5) is 10.8 Å². The standard InChI is InChI=1S/C23H24N4O3S/c28-21(25-23-27-26-20(31-23)14-15-4-2-1-3-5-15)16-6-10-18(11-7-16)24-19-12-8-17(9-13-19)22(29)30/h1-7,10-11,17,19,24H,8-9,12-14H2,(H,29,30)(H,25,27,28). The van der Waals surface area contributed by atoms with E-state index in [9.17, 15) is 9.59 Å². The van der Waals surface area contributed by atoms with Crippen LogP contribution in [0.2, 0.25) is 0 Å². The van der Waals surface area contributed by atoms with Crippen LogP contribution in [0.25, 0.3) is 0 Å². The summed E-state index contributed by atoms with van der Waals surface area (Å²) in [5.41, 5.74) is 2.62. The van der Waals surface area contributed by atoms with E-state index in [0.717, 1.165) is 29.1 Å². The molecule has 0 bridgehead atoms. The number of carbonyl (C=O) groups excluding carboxylic acids is 1. The third kappa shape index (κ3) is 5.67. The van der Waals surface area contributed by atoms with Crippen LogP contribution in [0, 0.1) is 5.92 Å². The zero-order chi connectivity index (χ0) is 21.6. The molecule has 0 saturated heterocycles. The molecule has 1 aliphatic carbocycles. The van der Waals surface area contributed by atoms with Crippen molar-refractivity contribution in [2.45, 2.75) is 38.1 Å². The molecule has 1 amide bonds. The molecule has 1 aromatic heterocycles. The SMILES string of the molecule is O=C(Nc1nnc(Cc2ccccc2)s1)c1ccc(NC2CCC(C(=O)O)CC2)cc1. The van der Waals surface area contributed by atoms with Crippen LogP contribution < -0.4 is 10.6 Å². The molecule has 0 radical (unpaired) electrons. The Morgan fingerprint density at radius 3 is 2.35 bits per heavy atom. The molecule has 2 aromatic carbocycles. The van der Waals surface area contributed by atoms with Gasteiger partial charge in [-0.05, 0) is 55.5 Å². The number of hydrogen-bond acceptors (Lipinski definition) is 6. The van der Waals surface area contributed by atoms with Gasteiger partial charge in [0.15, 0.2) is 0 Å². The van der Waals surface area contributed by atoms with Crippen molar-refractivity contribution < 1.29 is 14.7 Å². The summed E-state index contributed by atoms with van der Waals surface area (Å²) >= 11 is 1.37. The summed E-state index contributed by atoms with van der Waals surface area (Å²) in [4.78, 5) is 23.6. The Morgan fingerprint density at radius 2 is 1.68 bits per heavy atom. The predicted molar refractivity (Wildman–Crippen MR) is 121 cm³/mol. The van der Waals surface area contributed by atoms with Crippen molar-refractivity contribution in [3.05, 3.63) is 70.7 Å². The number of carboxylic acids is 1. The van der Waals surface area contributed by atoms with Crippen molar-refractivity contribution in [3.63, 3.8) is 0 Å². The Balaban J connectivity index is 1.29. The van der Waals surface area contributed by atoms with Gasteiger partial charge in [-0.1, -0.05) is 41.7 Å². The third-order valence-electron chi connectivity index (χ3n) is 5.48. The monoisotopic (exact) mass is 436 g/mol. The molecule has 0 atom stereocenters. The number of nitrogens with one attached hydrogen (secondary N) is 2. The predicted octanol–water partition coefficient (Wildman–Crippen LogP) is 4.44. The lowest BCUT2D eigenvalue weighted by atomic mass is 9.86. The van der Waals surface area contributed by atoms with Crippen LogP contribution in [0.3, 0.4) is 0 Å². The smallest absolute Gasteiger partial charge is 0.306 e. The van der Waals surface area contributed by atoms with Crippen LogP contribution in [-0.4, -0.2) is 33.2 Å². The van der Waals surface area contributed by atoms with Crippen molar-refractivity contribution in [1.82, 2.24) is 10.2 Å². The zero-order valence-corrected chi connectivity index (χ0v) is 17.8. The van der Waals surface area contributed by atoms with E-state index < -0.39 is 5.97 Å². The highest BCUT2D eigenvalue weighted by atomic mass is 32.1. The van der Waals surface area contributed by atoms with E-state index >= 15 is 0 Å². The number of rotatable bonds is 7. The number of carboxylic acid groups (broad SMARTS) is 1. The number of aliphatic carboxylic acids is 1. The summed E-state index contributed by atoms with van der Waals surface area (Å²) in [6, 6.07) is 17.6. The van der Waals surface area contributed by atoms with E-state index in [1.807, 2.05) is 42.5 Å². The zero-order valence-electron chi connectivity index (χ0n) is 17.0. The molecule has 160 valence electrons. The number of anilines is 2. The molecule has 1 heterocycles. The summed E-state index contributed by atoms with van der Waals surface area (Å²) in [5.74, 6) is -1.15. The van der Waals surface area contributed by atoms with Gasteiger partial charge in [-0.25, -0.2) is 0 Å². The van der Waals surface area contributed by atoms with E-state index in [1.54, 1.807) is 12.1 Å². The Labute approximate surface area is 184 Å². The minimum absolute atomic E-state index is 0.224. The fraction of sp³-hybridized carbons (Fsp3) is 0.304. The lowest BCUT2D eigenvalue weighted by Crippen LogP contribution is -2.29. The minimum Gasteiger partial charge on any atom is -0.481 e. The fourth-order valence-corrected chi connectivity index (χ4v) is 4.52. The maximum Gasteiger partial charge on any atom is 0.306 e. The number of amides is 1. The molecule has 3 aromatic rings. The van der Waals surface area contributed by atoms with Crippen molar-refractivity contribution in [2.75, 3.05) is 10.6 Å². The molecule has 8 heteroatoms. The van der Waals surface area contributed by atoms with Gasteiger partial charge in [0.2, 0.25) is 5.13 Å². The summed E-state index contributed by atoms with van der Waals surface area (Å²) in [6.07, 6.45) is 3.75. The minimum atomic E-state index is -0.698. The van der Waals surface area contributed by atoms with Gasteiger partial charge < -0.3 is 10.4 Å². The first-order chi connectivity index (χ1) is 15.1. The van der Waals surface area contributed by atoms with Crippen molar-refractivity contribution in [2.24, 2.45) is 5.92 Å². The Bertz CT molecular complexity index is 1030. The molecule has 31 heavy (non-hydrogen) atoms. The highest BCUT2D eigenvalue weighted by Gasteiger charge is 2.25. The highest BCUT2D eigenvalue weighted by molar-refractivity contribution is 7.15. The first-order valence-electron chi connectivity index (χ1n) is 10.3. The molecule has 4 rings (SSSR count). The van der Waals surface area contributed by atoms with E-state index in [-0.39, 0.29) is 17.9 Å². The average molecular weight is 437 g/mol. The first-order valence-corrected chi connectivity index (χ1v) is 11.2. The molecule has 7 nitrogen and oxygen atoms in total. The molecule has 0 spiro atoms. The average Bonchev–Trinajstić information content (AvgIpc) is 3.22. The molecule has 0 aliphatic heterocycles. The lowest BCUT2D eigenvalue weighted by Gasteiger charge is -2.27. The van der Waals surface area contributed by atoms with E-state index in [1.165, 1.54) is 11.3 Å². The molecular weight excluding hydrogens is 412 g/mol. The van der Waals surface area contributed by atoms with Gasteiger partial charge in [-0.15, -0.1) is 10.2 Å². The van der Waals surface area contributed by atoms with Gasteiger partial charge in [-0.2, -0.15) is 0 Å². The van der Waals surface area contributed by atoms with Crippen LogP contribution in [0.15, 0.2) is 54.6 Å². The first kappa shape index (κ1) is 21.0. The second-order valence-corrected chi connectivity index (χ2v) is 8.79.